The predicted molar refractivity (Wildman–Crippen MR) is 141 cm³/mol. The molecule has 1 saturated carbocycles. The van der Waals surface area contributed by atoms with Gasteiger partial charge in [-0.1, -0.05) is 30.3 Å². The minimum Gasteiger partial charge on any atom is -0.504 e. The van der Waals surface area contributed by atoms with E-state index in [0.29, 0.717) is 24.1 Å². The molecule has 1 saturated heterocycles. The molecule has 6 atom stereocenters. The van der Waals surface area contributed by atoms with Crippen molar-refractivity contribution in [2.45, 2.75) is 61.7 Å². The molecule has 36 heavy (non-hydrogen) atoms. The van der Waals surface area contributed by atoms with Crippen molar-refractivity contribution in [3.63, 3.8) is 0 Å². The zero-order chi connectivity index (χ0) is 23.6. The Morgan fingerprint density at radius 1 is 1.28 bits per heavy atom. The molecular weight excluding hydrogens is 503 g/mol. The van der Waals surface area contributed by atoms with Crippen molar-refractivity contribution >= 4 is 30.8 Å². The number of aromatic hydroxyl groups is 1. The molecule has 2 heterocycles. The summed E-state index contributed by atoms with van der Waals surface area (Å²) in [5, 5.41) is 24.4. The summed E-state index contributed by atoms with van der Waals surface area (Å²) in [5.41, 5.74) is 3.01. The Hall–Kier alpha value is -2.19. The monoisotopic (exact) mass is 536 g/mol. The van der Waals surface area contributed by atoms with E-state index in [4.69, 9.17) is 9.47 Å². The summed E-state index contributed by atoms with van der Waals surface area (Å²) in [6, 6.07) is 11.0. The van der Waals surface area contributed by atoms with Crippen molar-refractivity contribution in [3.8, 4) is 17.2 Å². The molecule has 2 aromatic carbocycles. The molecule has 9 heteroatoms. The van der Waals surface area contributed by atoms with Crippen LogP contribution in [0.25, 0.3) is 0 Å². The third-order valence-electron chi connectivity index (χ3n) is 8.90. The van der Waals surface area contributed by atoms with Crippen LogP contribution in [0.4, 0.5) is 0 Å². The maximum absolute atomic E-state index is 12.2. The molecule has 0 amide bonds. The van der Waals surface area contributed by atoms with Crippen LogP contribution in [0.5, 0.6) is 17.2 Å². The second-order valence-corrected chi connectivity index (χ2v) is 10.4. The van der Waals surface area contributed by atoms with Gasteiger partial charge in [0.25, 0.3) is 0 Å². The maximum atomic E-state index is 12.2. The van der Waals surface area contributed by atoms with Gasteiger partial charge in [-0.2, -0.15) is 0 Å². The number of halogens is 2. The van der Waals surface area contributed by atoms with E-state index in [1.807, 2.05) is 30.3 Å². The highest BCUT2D eigenvalue weighted by atomic mass is 35.5. The van der Waals surface area contributed by atoms with Crippen LogP contribution in [-0.4, -0.2) is 66.0 Å². The fourth-order valence-electron chi connectivity index (χ4n) is 7.47. The topological polar surface area (TPSA) is 91.3 Å². The van der Waals surface area contributed by atoms with Crippen LogP contribution in [0.3, 0.4) is 0 Å². The number of nitrogens with one attached hydrogen (secondary N) is 1. The molecule has 2 aliphatic heterocycles. The Labute approximate surface area is 224 Å². The van der Waals surface area contributed by atoms with Crippen LogP contribution in [0.1, 0.15) is 36.0 Å². The van der Waals surface area contributed by atoms with E-state index < -0.39 is 12.0 Å². The number of benzene rings is 2. The first kappa shape index (κ1) is 26.9. The SMILES string of the molecule is COc1cc(O)c2c3c1C[C@@H]1[C@@H]4CC[C@@H](N[C@@H](Cc5ccccc5)C(=O)O)[C@H](O2)[C@]34CCN1C.Cl.Cl. The highest BCUT2D eigenvalue weighted by Crippen LogP contribution is 2.65. The fraction of sp³-hybridized carbons (Fsp3) is 0.519. The van der Waals surface area contributed by atoms with Crippen LogP contribution < -0.4 is 14.8 Å². The molecule has 2 bridgehead atoms. The molecule has 2 fully saturated rings. The predicted octanol–water partition coefficient (Wildman–Crippen LogP) is 3.57. The van der Waals surface area contributed by atoms with Gasteiger partial charge < -0.3 is 24.6 Å². The van der Waals surface area contributed by atoms with Crippen molar-refractivity contribution in [1.82, 2.24) is 10.2 Å². The average molecular weight is 537 g/mol. The van der Waals surface area contributed by atoms with Gasteiger partial charge in [-0.3, -0.25) is 10.1 Å². The van der Waals surface area contributed by atoms with Gasteiger partial charge in [0.2, 0.25) is 0 Å². The standard InChI is InChI=1S/C27H32N2O5.2ClH/c1-29-11-10-27-17-8-9-18(28-19(26(31)32)12-15-6-4-3-5-7-15)25(27)34-24-21(30)14-22(33-2)16(23(24)27)13-20(17)29;;/h3-7,14,17-20,25,28,30H,8-13H2,1-2H3,(H,31,32);2*1H/t17-,18+,19-,20+,25-,27-;;/m0../s1. The summed E-state index contributed by atoms with van der Waals surface area (Å²) in [7, 11) is 3.85. The lowest BCUT2D eigenvalue weighted by atomic mass is 9.51. The quantitative estimate of drug-likeness (QED) is 0.519. The Balaban J connectivity index is 0.00000152. The first-order chi connectivity index (χ1) is 16.4. The van der Waals surface area contributed by atoms with E-state index in [2.05, 4.69) is 17.3 Å². The van der Waals surface area contributed by atoms with Crippen LogP contribution in [0, 0.1) is 5.92 Å². The molecule has 2 aliphatic carbocycles. The summed E-state index contributed by atoms with van der Waals surface area (Å²) in [6.45, 7) is 0.955. The number of hydrogen-bond donors (Lipinski definition) is 3. The molecule has 6 rings (SSSR count). The minimum absolute atomic E-state index is 0. The Bertz CT molecular complexity index is 1130. The van der Waals surface area contributed by atoms with Crippen LogP contribution in [-0.2, 0) is 23.1 Å². The van der Waals surface area contributed by atoms with Crippen molar-refractivity contribution in [2.75, 3.05) is 20.7 Å². The zero-order valence-corrected chi connectivity index (χ0v) is 22.1. The van der Waals surface area contributed by atoms with Gasteiger partial charge in [0.05, 0.1) is 7.11 Å². The summed E-state index contributed by atoms with van der Waals surface area (Å²) in [6.07, 6.45) is 3.86. The number of rotatable bonds is 6. The number of nitrogens with zero attached hydrogens (tertiary/aromatic N) is 1. The Morgan fingerprint density at radius 3 is 2.72 bits per heavy atom. The van der Waals surface area contributed by atoms with Gasteiger partial charge >= 0.3 is 5.97 Å². The van der Waals surface area contributed by atoms with E-state index >= 15 is 0 Å². The lowest BCUT2D eigenvalue weighted by Crippen LogP contribution is -2.69. The molecule has 1 spiro atoms. The third kappa shape index (κ3) is 3.83. The van der Waals surface area contributed by atoms with Gasteiger partial charge in [0.15, 0.2) is 11.5 Å². The van der Waals surface area contributed by atoms with Crippen molar-refractivity contribution < 1.29 is 24.5 Å². The molecule has 3 N–H and O–H groups in total. The van der Waals surface area contributed by atoms with E-state index in [-0.39, 0.29) is 48.1 Å². The first-order valence-corrected chi connectivity index (χ1v) is 12.3. The van der Waals surface area contributed by atoms with E-state index in [0.717, 1.165) is 54.7 Å². The number of likely N-dealkylation sites (N-methyl/N-ethyl adjacent to an activating group) is 1. The molecule has 4 aliphatic rings. The van der Waals surface area contributed by atoms with Gasteiger partial charge in [-0.05, 0) is 57.2 Å². The summed E-state index contributed by atoms with van der Waals surface area (Å²) < 4.78 is 12.3. The second kappa shape index (κ2) is 9.93. The molecule has 196 valence electrons. The highest BCUT2D eigenvalue weighted by molar-refractivity contribution is 5.85. The lowest BCUT2D eigenvalue weighted by Gasteiger charge is -2.59. The number of carboxylic acid groups (broad SMARTS) is 1. The summed E-state index contributed by atoms with van der Waals surface area (Å²) in [5.74, 6) is 0.980. The van der Waals surface area contributed by atoms with Crippen LogP contribution in [0.2, 0.25) is 0 Å². The molecule has 0 radical (unpaired) electrons. The van der Waals surface area contributed by atoms with Crippen molar-refractivity contribution in [3.05, 3.63) is 53.1 Å². The Morgan fingerprint density at radius 2 is 2.03 bits per heavy atom. The number of methoxy groups -OCH3 is 1. The van der Waals surface area contributed by atoms with Crippen molar-refractivity contribution in [1.29, 1.82) is 0 Å². The van der Waals surface area contributed by atoms with Gasteiger partial charge in [-0.25, -0.2) is 0 Å². The smallest absolute Gasteiger partial charge is 0.321 e. The number of carbonyl (C=O) groups is 1. The van der Waals surface area contributed by atoms with Gasteiger partial charge in [-0.15, -0.1) is 24.8 Å². The number of ether oxygens (including phenoxy) is 2. The number of carboxylic acids is 1. The third-order valence-corrected chi connectivity index (χ3v) is 8.90. The summed E-state index contributed by atoms with van der Waals surface area (Å²) in [4.78, 5) is 14.7. The molecular formula is C27H34Cl2N2O5. The number of phenolic OH excluding ortho intramolecular Hbond substituents is 1. The normalized spacial score (nSPS) is 30.2. The molecule has 0 unspecified atom stereocenters. The number of likely N-dealkylation sites (tertiary alicyclic amines) is 1. The molecule has 0 aromatic heterocycles. The van der Waals surface area contributed by atoms with E-state index in [1.54, 1.807) is 13.2 Å². The number of aliphatic carboxylic acids is 1. The number of hydrogen-bond acceptors (Lipinski definition) is 6. The minimum atomic E-state index is -0.853. The number of phenols is 1. The van der Waals surface area contributed by atoms with Crippen molar-refractivity contribution in [2.24, 2.45) is 5.92 Å². The van der Waals surface area contributed by atoms with Gasteiger partial charge in [0.1, 0.15) is 17.9 Å². The fourth-order valence-corrected chi connectivity index (χ4v) is 7.47. The summed E-state index contributed by atoms with van der Waals surface area (Å²) >= 11 is 0. The Kier molecular flexibility index (Phi) is 7.41. The average Bonchev–Trinajstić information content (AvgIpc) is 3.19. The van der Waals surface area contributed by atoms with Crippen LogP contribution >= 0.6 is 24.8 Å². The second-order valence-electron chi connectivity index (χ2n) is 10.4. The number of piperidine rings is 1. The lowest BCUT2D eigenvalue weighted by molar-refractivity contribution is -0.140. The largest absolute Gasteiger partial charge is 0.504 e. The van der Waals surface area contributed by atoms with Crippen LogP contribution in [0.15, 0.2) is 36.4 Å². The first-order valence-electron chi connectivity index (χ1n) is 12.3. The highest BCUT2D eigenvalue weighted by Gasteiger charge is 2.66. The molecule has 2 aromatic rings. The molecule has 7 nitrogen and oxygen atoms in total. The van der Waals surface area contributed by atoms with Gasteiger partial charge in [0, 0.05) is 34.7 Å². The maximum Gasteiger partial charge on any atom is 0.321 e. The van der Waals surface area contributed by atoms with E-state index in [1.165, 1.54) is 0 Å². The van der Waals surface area contributed by atoms with E-state index in [9.17, 15) is 15.0 Å². The zero-order valence-electron chi connectivity index (χ0n) is 20.5.